The van der Waals surface area contributed by atoms with Crippen molar-refractivity contribution in [1.29, 1.82) is 0 Å². The fourth-order valence-electron chi connectivity index (χ4n) is 9.93. The number of carbonyl (C=O) groups excluding carboxylic acids is 4. The molecule has 0 aliphatic carbocycles. The summed E-state index contributed by atoms with van der Waals surface area (Å²) < 4.78 is 68.1. The average Bonchev–Trinajstić information content (AvgIpc) is 3.61. The molecule has 0 fully saturated rings. The summed E-state index contributed by atoms with van der Waals surface area (Å²) in [4.78, 5) is 72.3. The van der Waals surface area contributed by atoms with Gasteiger partial charge in [0.2, 0.25) is 0 Å². The van der Waals surface area contributed by atoms with Gasteiger partial charge >= 0.3 is 39.5 Å². The summed E-state index contributed by atoms with van der Waals surface area (Å²) >= 11 is 0. The quantitative estimate of drug-likeness (QED) is 0.0169. The van der Waals surface area contributed by atoms with Crippen LogP contribution in [0, 0.1) is 5.92 Å². The minimum absolute atomic E-state index is 0.0854. The fourth-order valence-corrected chi connectivity index (χ4v) is 11.5. The Kier molecular flexibility index (Phi) is 60.3. The fraction of sp³-hybridized carbons (Fsp3) is 0.884. The van der Waals surface area contributed by atoms with Crippen molar-refractivity contribution >= 4 is 39.5 Å². The third-order valence-electron chi connectivity index (χ3n) is 15.4. The van der Waals surface area contributed by atoms with E-state index >= 15 is 0 Å². The van der Waals surface area contributed by atoms with E-state index in [0.29, 0.717) is 25.7 Å². The van der Waals surface area contributed by atoms with Crippen molar-refractivity contribution in [1.82, 2.24) is 0 Å². The van der Waals surface area contributed by atoms with Gasteiger partial charge < -0.3 is 33.8 Å². The van der Waals surface area contributed by atoms with E-state index in [4.69, 9.17) is 37.0 Å². The van der Waals surface area contributed by atoms with Crippen molar-refractivity contribution in [3.05, 3.63) is 24.3 Å². The number of allylic oxidation sites excluding steroid dienone is 4. The minimum Gasteiger partial charge on any atom is -0.462 e. The SMILES string of the molecule is CCCCCC/C=C\C=C/CCCCCCCC(=O)O[C@H](COC(=O)CCCCCCCCCCCCCCCCC)COP(=O)(O)OC[C@@H](O)COP(=O)(O)OC[C@@H](COC(=O)CCCCCCCCC)OC(=O)CCCCCCCCCCC(C)C. The standard InChI is InChI=1S/C69H130O17P2/c1-6-9-12-15-18-20-22-24-26-28-30-32-38-43-48-53-67(72)80-59-65(85-68(73)54-49-44-39-33-31-29-27-25-23-21-19-16-13-10-7-2)61-84-88(77,78)82-57-63(70)56-81-87(75,76)83-60-64(58-79-66(71)52-47-42-36-17-14-11-8-3)86-69(74)55-50-45-40-35-34-37-41-46-51-62(4)5/h21,23,25,27,62-65,70H,6-20,22,24,26,28-61H2,1-5H3,(H,75,76)(H,77,78)/b23-21-,27-25-/t63-,64+,65+/m0/s1. The summed E-state index contributed by atoms with van der Waals surface area (Å²) in [5.41, 5.74) is 0. The van der Waals surface area contributed by atoms with Gasteiger partial charge in [0.05, 0.1) is 26.4 Å². The smallest absolute Gasteiger partial charge is 0.462 e. The summed E-state index contributed by atoms with van der Waals surface area (Å²) in [7, 11) is -9.90. The van der Waals surface area contributed by atoms with Crippen molar-refractivity contribution in [3.63, 3.8) is 0 Å². The highest BCUT2D eigenvalue weighted by atomic mass is 31.2. The predicted molar refractivity (Wildman–Crippen MR) is 354 cm³/mol. The van der Waals surface area contributed by atoms with Crippen LogP contribution in [0.4, 0.5) is 0 Å². The number of hydrogen-bond donors (Lipinski definition) is 3. The molecule has 2 unspecified atom stereocenters. The van der Waals surface area contributed by atoms with Crippen LogP contribution in [0.1, 0.15) is 330 Å². The van der Waals surface area contributed by atoms with Crippen LogP contribution in [0.3, 0.4) is 0 Å². The van der Waals surface area contributed by atoms with Gasteiger partial charge in [-0.3, -0.25) is 37.3 Å². The minimum atomic E-state index is -4.96. The molecule has 19 heteroatoms. The Morgan fingerprint density at radius 1 is 0.352 bits per heavy atom. The second kappa shape index (κ2) is 62.0. The molecule has 0 aliphatic heterocycles. The molecular formula is C69H130O17P2. The summed E-state index contributed by atoms with van der Waals surface area (Å²) in [6.45, 7) is 7.09. The van der Waals surface area contributed by atoms with Crippen molar-refractivity contribution in [3.8, 4) is 0 Å². The van der Waals surface area contributed by atoms with Crippen molar-refractivity contribution < 1.29 is 80.2 Å². The van der Waals surface area contributed by atoms with Gasteiger partial charge in [-0.05, 0) is 57.3 Å². The van der Waals surface area contributed by atoms with Crippen molar-refractivity contribution in [2.24, 2.45) is 5.92 Å². The van der Waals surface area contributed by atoms with Crippen molar-refractivity contribution in [2.45, 2.75) is 348 Å². The number of aliphatic hydroxyl groups excluding tert-OH is 1. The van der Waals surface area contributed by atoms with Crippen LogP contribution in [0.25, 0.3) is 0 Å². The molecule has 5 atom stereocenters. The Morgan fingerprint density at radius 2 is 0.614 bits per heavy atom. The number of rotatable bonds is 67. The van der Waals surface area contributed by atoms with Crippen LogP contribution in [-0.2, 0) is 65.4 Å². The first kappa shape index (κ1) is 85.5. The van der Waals surface area contributed by atoms with Crippen LogP contribution in [0.2, 0.25) is 0 Å². The molecule has 0 saturated heterocycles. The number of hydrogen-bond acceptors (Lipinski definition) is 15. The summed E-state index contributed by atoms with van der Waals surface area (Å²) in [6.07, 6.45) is 50.9. The van der Waals surface area contributed by atoms with E-state index in [2.05, 4.69) is 58.9 Å². The molecule has 3 N–H and O–H groups in total. The Labute approximate surface area is 535 Å². The predicted octanol–water partition coefficient (Wildman–Crippen LogP) is 19.3. The largest absolute Gasteiger partial charge is 0.472 e. The van der Waals surface area contributed by atoms with E-state index in [1.54, 1.807) is 0 Å². The molecule has 518 valence electrons. The number of ether oxygens (including phenoxy) is 4. The molecule has 88 heavy (non-hydrogen) atoms. The second-order valence-corrected chi connectivity index (χ2v) is 27.6. The molecule has 0 rings (SSSR count). The molecule has 0 spiro atoms. The molecule has 0 aliphatic rings. The first-order valence-electron chi connectivity index (χ1n) is 35.5. The number of phosphoric acid groups is 2. The Balaban J connectivity index is 5.25. The van der Waals surface area contributed by atoms with Gasteiger partial charge in [-0.2, -0.15) is 0 Å². The van der Waals surface area contributed by atoms with E-state index < -0.39 is 97.5 Å². The van der Waals surface area contributed by atoms with E-state index in [1.165, 1.54) is 128 Å². The lowest BCUT2D eigenvalue weighted by Crippen LogP contribution is -2.30. The van der Waals surface area contributed by atoms with E-state index in [1.807, 2.05) is 0 Å². The highest BCUT2D eigenvalue weighted by Gasteiger charge is 2.30. The van der Waals surface area contributed by atoms with Gasteiger partial charge in [0.1, 0.15) is 19.3 Å². The molecule has 0 heterocycles. The van der Waals surface area contributed by atoms with Gasteiger partial charge in [0, 0.05) is 25.7 Å². The first-order chi connectivity index (χ1) is 42.5. The molecule has 0 aromatic carbocycles. The van der Waals surface area contributed by atoms with Crippen LogP contribution in [0.5, 0.6) is 0 Å². The first-order valence-corrected chi connectivity index (χ1v) is 38.4. The highest BCUT2D eigenvalue weighted by Crippen LogP contribution is 2.45. The maximum Gasteiger partial charge on any atom is 0.472 e. The summed E-state index contributed by atoms with van der Waals surface area (Å²) in [5.74, 6) is -1.44. The lowest BCUT2D eigenvalue weighted by Gasteiger charge is -2.21. The van der Waals surface area contributed by atoms with Crippen LogP contribution < -0.4 is 0 Å². The third-order valence-corrected chi connectivity index (χ3v) is 17.3. The number of phosphoric ester groups is 2. The Morgan fingerprint density at radius 3 is 0.932 bits per heavy atom. The topological polar surface area (TPSA) is 237 Å². The van der Waals surface area contributed by atoms with Gasteiger partial charge in [-0.25, -0.2) is 9.13 Å². The second-order valence-electron chi connectivity index (χ2n) is 24.7. The maximum absolute atomic E-state index is 13.0. The lowest BCUT2D eigenvalue weighted by molar-refractivity contribution is -0.161. The van der Waals surface area contributed by atoms with E-state index in [0.717, 1.165) is 121 Å². The molecule has 0 aromatic heterocycles. The molecule has 0 saturated carbocycles. The molecule has 17 nitrogen and oxygen atoms in total. The monoisotopic (exact) mass is 1290 g/mol. The molecule has 0 amide bonds. The zero-order chi connectivity index (χ0) is 64.9. The average molecular weight is 1290 g/mol. The number of esters is 4. The van der Waals surface area contributed by atoms with E-state index in [9.17, 15) is 43.2 Å². The molecule has 0 radical (unpaired) electrons. The summed E-state index contributed by atoms with van der Waals surface area (Å²) in [6, 6.07) is 0. The van der Waals surface area contributed by atoms with Crippen molar-refractivity contribution in [2.75, 3.05) is 39.6 Å². The third kappa shape index (κ3) is 62.4. The van der Waals surface area contributed by atoms with Crippen LogP contribution in [0.15, 0.2) is 24.3 Å². The van der Waals surface area contributed by atoms with Crippen LogP contribution >= 0.6 is 15.6 Å². The van der Waals surface area contributed by atoms with Gasteiger partial charge in [-0.15, -0.1) is 0 Å². The molecule has 0 aromatic rings. The zero-order valence-electron chi connectivity index (χ0n) is 56.3. The zero-order valence-corrected chi connectivity index (χ0v) is 58.1. The van der Waals surface area contributed by atoms with Gasteiger partial charge in [-0.1, -0.05) is 277 Å². The van der Waals surface area contributed by atoms with E-state index in [-0.39, 0.29) is 25.7 Å². The molecular weight excluding hydrogens is 1160 g/mol. The highest BCUT2D eigenvalue weighted by molar-refractivity contribution is 7.47. The number of aliphatic hydroxyl groups is 1. The van der Waals surface area contributed by atoms with Gasteiger partial charge in [0.15, 0.2) is 12.2 Å². The summed E-state index contributed by atoms with van der Waals surface area (Å²) in [5, 5.41) is 10.6. The Bertz CT molecular complexity index is 1800. The van der Waals surface area contributed by atoms with Crippen LogP contribution in [-0.4, -0.2) is 96.7 Å². The number of unbranched alkanes of at least 4 members (excludes halogenated alkanes) is 36. The molecule has 0 bridgehead atoms. The lowest BCUT2D eigenvalue weighted by atomic mass is 10.0. The Hall–Kier alpha value is -2.46. The number of carbonyl (C=O) groups is 4. The van der Waals surface area contributed by atoms with Gasteiger partial charge in [0.25, 0.3) is 0 Å². The normalized spacial score (nSPS) is 14.3. The maximum atomic E-state index is 13.0.